The van der Waals surface area contributed by atoms with Crippen molar-refractivity contribution in [3.05, 3.63) is 39.9 Å². The van der Waals surface area contributed by atoms with Gasteiger partial charge < -0.3 is 0 Å². The molecular weight excluding hydrogens is 235 g/mol. The van der Waals surface area contributed by atoms with Gasteiger partial charge in [0.2, 0.25) is 0 Å². The van der Waals surface area contributed by atoms with Crippen molar-refractivity contribution in [1.29, 1.82) is 5.26 Å². The van der Waals surface area contributed by atoms with Crippen LogP contribution in [0.25, 0.3) is 0 Å². The molecule has 0 bridgehead atoms. The molecule has 0 saturated carbocycles. The number of nitrogens with zero attached hydrogens (tertiary/aromatic N) is 2. The van der Waals surface area contributed by atoms with Crippen LogP contribution in [0.1, 0.15) is 5.56 Å². The van der Waals surface area contributed by atoms with Gasteiger partial charge in [-0.15, -0.1) is 0 Å². The summed E-state index contributed by atoms with van der Waals surface area (Å²) in [5.41, 5.74) is 0.758. The van der Waals surface area contributed by atoms with Crippen LogP contribution in [-0.2, 0) is 5.32 Å². The van der Waals surface area contributed by atoms with Gasteiger partial charge in [0, 0.05) is 0 Å². The van der Waals surface area contributed by atoms with Crippen LogP contribution in [0.3, 0.4) is 0 Å². The van der Waals surface area contributed by atoms with Crippen LogP contribution >= 0.6 is 0 Å². The van der Waals surface area contributed by atoms with Crippen molar-refractivity contribution in [3.8, 4) is 4.97 Å². The van der Waals surface area contributed by atoms with E-state index in [-0.39, 0.29) is 20.6 Å². The van der Waals surface area contributed by atoms with Crippen molar-refractivity contribution in [1.82, 2.24) is 0 Å². The number of para-hydroxylation sites is 1. The fraction of sp³-hybridized carbons (Fsp3) is 0.125. The molecule has 0 aromatic heterocycles. The van der Waals surface area contributed by atoms with E-state index in [9.17, 15) is 10.1 Å². The molecule has 0 aliphatic rings. The molecule has 0 saturated heterocycles. The fourth-order valence-electron chi connectivity index (χ4n) is 0.921. The molecule has 66 valence electrons. The number of hydrogen-bond acceptors (Lipinski definition) is 3. The summed E-state index contributed by atoms with van der Waals surface area (Å²) < 4.78 is 0. The minimum atomic E-state index is -0.414. The molecule has 1 aromatic rings. The zero-order chi connectivity index (χ0) is 9.68. The normalized spacial score (nSPS) is 9.15. The maximum atomic E-state index is 10.5. The van der Waals surface area contributed by atoms with Crippen LogP contribution in [-0.4, -0.2) is 19.9 Å². The Balaban J connectivity index is 2.92. The van der Waals surface area contributed by atoms with Gasteiger partial charge in [-0.05, 0) is 0 Å². The third-order valence-corrected chi connectivity index (χ3v) is 2.71. The van der Waals surface area contributed by atoms with Gasteiger partial charge in [-0.3, -0.25) is 0 Å². The van der Waals surface area contributed by atoms with Gasteiger partial charge >= 0.3 is 81.1 Å². The van der Waals surface area contributed by atoms with Gasteiger partial charge in [0.1, 0.15) is 0 Å². The van der Waals surface area contributed by atoms with Crippen molar-refractivity contribution in [2.75, 3.05) is 0 Å². The van der Waals surface area contributed by atoms with E-state index < -0.39 is 4.92 Å². The van der Waals surface area contributed by atoms with E-state index in [2.05, 4.69) is 0 Å². The maximum absolute atomic E-state index is 10.5. The van der Waals surface area contributed by atoms with Gasteiger partial charge in [-0.25, -0.2) is 0 Å². The van der Waals surface area contributed by atoms with Gasteiger partial charge in [0.05, 0.1) is 0 Å². The number of nitriles is 1. The summed E-state index contributed by atoms with van der Waals surface area (Å²) in [5, 5.41) is 19.4. The first-order chi connectivity index (χ1) is 6.25. The Morgan fingerprint density at radius 3 is 2.85 bits per heavy atom. The van der Waals surface area contributed by atoms with E-state index in [0.29, 0.717) is 10.9 Å². The van der Waals surface area contributed by atoms with Crippen LogP contribution in [0.4, 0.5) is 5.69 Å². The summed E-state index contributed by atoms with van der Waals surface area (Å²) in [7, 11) is 0. The van der Waals surface area contributed by atoms with Crippen LogP contribution in [0, 0.1) is 20.3 Å². The van der Waals surface area contributed by atoms with E-state index in [1.807, 2.05) is 4.97 Å². The molecule has 1 aromatic carbocycles. The van der Waals surface area contributed by atoms with Crippen molar-refractivity contribution in [3.63, 3.8) is 0 Å². The molecule has 0 N–H and O–H groups in total. The molecule has 0 heterocycles. The third-order valence-electron chi connectivity index (χ3n) is 1.48. The van der Waals surface area contributed by atoms with Crippen LogP contribution in [0.5, 0.6) is 0 Å². The summed E-state index contributed by atoms with van der Waals surface area (Å²) in [6, 6.07) is 6.52. The van der Waals surface area contributed by atoms with Crippen molar-refractivity contribution >= 4 is 20.6 Å². The van der Waals surface area contributed by atoms with Gasteiger partial charge in [0.15, 0.2) is 0 Å². The molecule has 4 nitrogen and oxygen atoms in total. The summed E-state index contributed by atoms with van der Waals surface area (Å²) in [5.74, 6) is 0. The molecule has 0 spiro atoms. The second kappa shape index (κ2) is 4.61. The molecular formula is C8H6N2O2Se. The fourth-order valence-corrected chi connectivity index (χ4v) is 1.89. The Kier molecular flexibility index (Phi) is 3.44. The van der Waals surface area contributed by atoms with Gasteiger partial charge in [-0.1, -0.05) is 0 Å². The number of rotatable bonds is 3. The molecule has 1 rings (SSSR count). The Hall–Kier alpha value is -1.37. The zero-order valence-electron chi connectivity index (χ0n) is 6.64. The predicted molar refractivity (Wildman–Crippen MR) is 48.2 cm³/mol. The summed E-state index contributed by atoms with van der Waals surface area (Å²) in [6.07, 6.45) is 0. The summed E-state index contributed by atoms with van der Waals surface area (Å²) >= 11 is -0.202. The first-order valence-electron chi connectivity index (χ1n) is 3.49. The van der Waals surface area contributed by atoms with Crippen molar-refractivity contribution in [2.24, 2.45) is 0 Å². The Labute approximate surface area is 81.5 Å². The third kappa shape index (κ3) is 2.55. The van der Waals surface area contributed by atoms with Crippen molar-refractivity contribution in [2.45, 2.75) is 5.32 Å². The molecule has 0 radical (unpaired) electrons. The molecule has 0 aliphatic carbocycles. The number of nitro benzene ring substituents is 1. The first-order valence-corrected chi connectivity index (χ1v) is 5.55. The molecule has 5 heteroatoms. The second-order valence-corrected chi connectivity index (χ2v) is 3.86. The minimum absolute atomic E-state index is 0.111. The Morgan fingerprint density at radius 1 is 1.54 bits per heavy atom. The standard InChI is InChI=1S/C8H6N2O2Se/c9-6-13-5-7-3-1-2-4-8(7)10(11)12/h1-4H,5H2. The molecule has 0 amide bonds. The van der Waals surface area contributed by atoms with E-state index >= 15 is 0 Å². The quantitative estimate of drug-likeness (QED) is 0.454. The monoisotopic (exact) mass is 242 g/mol. The molecule has 0 aliphatic heterocycles. The first kappa shape index (κ1) is 9.72. The number of hydrogen-bond donors (Lipinski definition) is 0. The molecule has 0 unspecified atom stereocenters. The average molecular weight is 241 g/mol. The SMILES string of the molecule is N#C[Se]Cc1ccccc1[N+](=O)[O-]. The number of nitro groups is 1. The molecule has 0 fully saturated rings. The number of benzene rings is 1. The van der Waals surface area contributed by atoms with E-state index in [0.717, 1.165) is 0 Å². The summed E-state index contributed by atoms with van der Waals surface area (Å²) in [4.78, 5) is 12.1. The Morgan fingerprint density at radius 2 is 2.23 bits per heavy atom. The molecule has 13 heavy (non-hydrogen) atoms. The predicted octanol–water partition coefficient (Wildman–Crippen LogP) is 1.28. The zero-order valence-corrected chi connectivity index (χ0v) is 8.35. The average Bonchev–Trinajstić information content (AvgIpc) is 2.15. The molecule has 0 atom stereocenters. The van der Waals surface area contributed by atoms with Crippen LogP contribution in [0.2, 0.25) is 0 Å². The van der Waals surface area contributed by atoms with E-state index in [1.54, 1.807) is 18.2 Å². The van der Waals surface area contributed by atoms with E-state index in [4.69, 9.17) is 5.26 Å². The second-order valence-electron chi connectivity index (χ2n) is 2.27. The Bertz CT molecular complexity index is 359. The van der Waals surface area contributed by atoms with E-state index in [1.165, 1.54) is 6.07 Å². The van der Waals surface area contributed by atoms with Gasteiger partial charge in [-0.2, -0.15) is 0 Å². The summed E-state index contributed by atoms with van der Waals surface area (Å²) in [6.45, 7) is 0. The van der Waals surface area contributed by atoms with Gasteiger partial charge in [0.25, 0.3) is 0 Å². The van der Waals surface area contributed by atoms with Crippen LogP contribution in [0.15, 0.2) is 24.3 Å². The topological polar surface area (TPSA) is 66.9 Å². The van der Waals surface area contributed by atoms with Crippen LogP contribution < -0.4 is 0 Å². The van der Waals surface area contributed by atoms with Crippen molar-refractivity contribution < 1.29 is 4.92 Å².